The van der Waals surface area contributed by atoms with Gasteiger partial charge in [0, 0.05) is 22.4 Å². The molecule has 27 heavy (non-hydrogen) atoms. The Balaban J connectivity index is 1.81. The molecule has 0 heterocycles. The van der Waals surface area contributed by atoms with Crippen LogP contribution in [0.4, 0.5) is 11.4 Å². The highest BCUT2D eigenvalue weighted by Crippen LogP contribution is 2.37. The van der Waals surface area contributed by atoms with E-state index in [-0.39, 0.29) is 28.2 Å². The van der Waals surface area contributed by atoms with E-state index in [9.17, 15) is 19.5 Å². The minimum absolute atomic E-state index is 0.0162. The third-order valence-corrected chi connectivity index (χ3v) is 4.50. The number of primary amides is 1. The fraction of sp³-hybridized carbons (Fsp3) is 0. The second-order valence-corrected chi connectivity index (χ2v) is 6.15. The van der Waals surface area contributed by atoms with Gasteiger partial charge in [0.1, 0.15) is 5.75 Å². The van der Waals surface area contributed by atoms with Gasteiger partial charge in [0.25, 0.3) is 0 Å². The molecule has 0 aliphatic heterocycles. The molecule has 0 aromatic heterocycles. The maximum Gasteiger partial charge on any atom is 0.248 e. The van der Waals surface area contributed by atoms with Crippen LogP contribution in [0.3, 0.4) is 0 Å². The van der Waals surface area contributed by atoms with Crippen molar-refractivity contribution in [3.05, 3.63) is 88.5 Å². The lowest BCUT2D eigenvalue weighted by molar-refractivity contribution is 0.0977. The molecule has 0 radical (unpaired) electrons. The molecule has 6 nitrogen and oxygen atoms in total. The second kappa shape index (κ2) is 6.10. The summed E-state index contributed by atoms with van der Waals surface area (Å²) in [7, 11) is 0. The predicted octanol–water partition coefficient (Wildman–Crippen LogP) is 3.01. The lowest BCUT2D eigenvalue weighted by Gasteiger charge is -2.21. The number of phenols is 1. The third kappa shape index (κ3) is 2.64. The lowest BCUT2D eigenvalue weighted by Crippen LogP contribution is -2.22. The van der Waals surface area contributed by atoms with E-state index in [1.807, 2.05) is 0 Å². The monoisotopic (exact) mass is 358 g/mol. The quantitative estimate of drug-likeness (QED) is 0.488. The Morgan fingerprint density at radius 3 is 2.00 bits per heavy atom. The van der Waals surface area contributed by atoms with Crippen molar-refractivity contribution < 1.29 is 19.5 Å². The summed E-state index contributed by atoms with van der Waals surface area (Å²) >= 11 is 0. The Labute approximate surface area is 154 Å². The number of nitrogens with two attached hydrogens (primary N) is 1. The molecule has 132 valence electrons. The first-order chi connectivity index (χ1) is 13.0. The van der Waals surface area contributed by atoms with E-state index >= 15 is 0 Å². The molecule has 0 atom stereocenters. The summed E-state index contributed by atoms with van der Waals surface area (Å²) in [4.78, 5) is 37.0. The van der Waals surface area contributed by atoms with Crippen LogP contribution in [0.5, 0.6) is 5.75 Å². The summed E-state index contributed by atoms with van der Waals surface area (Å²) in [5.41, 5.74) is 7.26. The molecule has 1 aliphatic carbocycles. The molecule has 0 saturated heterocycles. The zero-order valence-corrected chi connectivity index (χ0v) is 14.0. The van der Waals surface area contributed by atoms with Gasteiger partial charge in [-0.15, -0.1) is 0 Å². The zero-order valence-electron chi connectivity index (χ0n) is 14.0. The number of benzene rings is 3. The number of phenolic OH excluding ortho intramolecular Hbond substituents is 1. The van der Waals surface area contributed by atoms with E-state index in [0.29, 0.717) is 22.5 Å². The standard InChI is InChI=1S/C21H14N2O4/c22-21(27)11-5-7-12(8-6-11)23-15-9-10-16(24)18-17(15)19(25)13-3-1-2-4-14(13)20(18)26/h1-10,23-24H,(H2,22,27). The number of rotatable bonds is 3. The highest BCUT2D eigenvalue weighted by molar-refractivity contribution is 6.31. The molecule has 6 heteroatoms. The predicted molar refractivity (Wildman–Crippen MR) is 99.7 cm³/mol. The SMILES string of the molecule is NC(=O)c1ccc(Nc2ccc(O)c3c2C(=O)c2ccccc2C3=O)cc1. The van der Waals surface area contributed by atoms with Crippen LogP contribution in [-0.2, 0) is 0 Å². The maximum absolute atomic E-state index is 13.0. The number of hydrogen-bond donors (Lipinski definition) is 3. The summed E-state index contributed by atoms with van der Waals surface area (Å²) in [6.07, 6.45) is 0. The summed E-state index contributed by atoms with van der Waals surface area (Å²) in [6.45, 7) is 0. The Kier molecular flexibility index (Phi) is 3.74. The molecule has 1 aliphatic rings. The summed E-state index contributed by atoms with van der Waals surface area (Å²) in [5.74, 6) is -1.52. The number of aromatic hydroxyl groups is 1. The van der Waals surface area contributed by atoms with Gasteiger partial charge >= 0.3 is 0 Å². The highest BCUT2D eigenvalue weighted by atomic mass is 16.3. The van der Waals surface area contributed by atoms with Gasteiger partial charge in [-0.3, -0.25) is 14.4 Å². The number of ketones is 2. The van der Waals surface area contributed by atoms with Gasteiger partial charge in [0.15, 0.2) is 11.6 Å². The van der Waals surface area contributed by atoms with Crippen molar-refractivity contribution in [1.29, 1.82) is 0 Å². The molecular weight excluding hydrogens is 344 g/mol. The van der Waals surface area contributed by atoms with Crippen molar-refractivity contribution in [2.75, 3.05) is 5.32 Å². The number of anilines is 2. The molecule has 0 bridgehead atoms. The van der Waals surface area contributed by atoms with E-state index in [2.05, 4.69) is 5.32 Å². The molecule has 4 rings (SSSR count). The fourth-order valence-corrected chi connectivity index (χ4v) is 3.18. The largest absolute Gasteiger partial charge is 0.507 e. The third-order valence-electron chi connectivity index (χ3n) is 4.50. The number of carbonyl (C=O) groups excluding carboxylic acids is 3. The van der Waals surface area contributed by atoms with Crippen LogP contribution in [0.25, 0.3) is 0 Å². The lowest BCUT2D eigenvalue weighted by atomic mass is 9.82. The summed E-state index contributed by atoms with van der Waals surface area (Å²) < 4.78 is 0. The van der Waals surface area contributed by atoms with Crippen molar-refractivity contribution in [2.24, 2.45) is 5.73 Å². The average Bonchev–Trinajstić information content (AvgIpc) is 2.68. The fourth-order valence-electron chi connectivity index (χ4n) is 3.18. The van der Waals surface area contributed by atoms with Crippen LogP contribution in [-0.4, -0.2) is 22.6 Å². The molecule has 0 saturated carbocycles. The number of nitrogens with one attached hydrogen (secondary N) is 1. The van der Waals surface area contributed by atoms with Gasteiger partial charge < -0.3 is 16.2 Å². The Morgan fingerprint density at radius 1 is 0.815 bits per heavy atom. The smallest absolute Gasteiger partial charge is 0.248 e. The van der Waals surface area contributed by atoms with Crippen molar-refractivity contribution in [1.82, 2.24) is 0 Å². The topological polar surface area (TPSA) is 109 Å². The molecule has 4 N–H and O–H groups in total. The van der Waals surface area contributed by atoms with Crippen LogP contribution in [0.15, 0.2) is 60.7 Å². The van der Waals surface area contributed by atoms with Gasteiger partial charge in [0.05, 0.1) is 16.8 Å². The van der Waals surface area contributed by atoms with Gasteiger partial charge in [-0.1, -0.05) is 24.3 Å². The van der Waals surface area contributed by atoms with Crippen LogP contribution in [0, 0.1) is 0 Å². The number of carbonyl (C=O) groups is 3. The normalized spacial score (nSPS) is 12.3. The van der Waals surface area contributed by atoms with Crippen LogP contribution < -0.4 is 11.1 Å². The van der Waals surface area contributed by atoms with Gasteiger partial charge in [0.2, 0.25) is 5.91 Å². The molecular formula is C21H14N2O4. The Hall–Kier alpha value is -3.93. The minimum Gasteiger partial charge on any atom is -0.507 e. The highest BCUT2D eigenvalue weighted by Gasteiger charge is 2.33. The molecule has 1 amide bonds. The molecule has 0 unspecified atom stereocenters. The van der Waals surface area contributed by atoms with Crippen LogP contribution >= 0.6 is 0 Å². The van der Waals surface area contributed by atoms with E-state index in [1.165, 1.54) is 12.1 Å². The van der Waals surface area contributed by atoms with Gasteiger partial charge in [-0.05, 0) is 36.4 Å². The van der Waals surface area contributed by atoms with E-state index in [0.717, 1.165) is 0 Å². The maximum atomic E-state index is 13.0. The average molecular weight is 358 g/mol. The Bertz CT molecular complexity index is 1120. The summed E-state index contributed by atoms with van der Waals surface area (Å²) in [5, 5.41) is 13.3. The first kappa shape index (κ1) is 16.5. The number of hydrogen-bond acceptors (Lipinski definition) is 5. The molecule has 0 spiro atoms. The summed E-state index contributed by atoms with van der Waals surface area (Å²) in [6, 6.07) is 15.8. The Morgan fingerprint density at radius 2 is 1.41 bits per heavy atom. The molecule has 0 fully saturated rings. The van der Waals surface area contributed by atoms with E-state index < -0.39 is 11.7 Å². The first-order valence-corrected chi connectivity index (χ1v) is 8.18. The molecule has 3 aromatic rings. The van der Waals surface area contributed by atoms with Crippen LogP contribution in [0.2, 0.25) is 0 Å². The zero-order chi connectivity index (χ0) is 19.1. The first-order valence-electron chi connectivity index (χ1n) is 8.18. The minimum atomic E-state index is -0.541. The molecule has 3 aromatic carbocycles. The number of fused-ring (bicyclic) bond motifs is 2. The van der Waals surface area contributed by atoms with Gasteiger partial charge in [-0.25, -0.2) is 0 Å². The van der Waals surface area contributed by atoms with Crippen molar-refractivity contribution in [3.63, 3.8) is 0 Å². The van der Waals surface area contributed by atoms with E-state index in [4.69, 9.17) is 5.73 Å². The van der Waals surface area contributed by atoms with Crippen LogP contribution in [0.1, 0.15) is 42.2 Å². The second-order valence-electron chi connectivity index (χ2n) is 6.15. The van der Waals surface area contributed by atoms with Crippen molar-refractivity contribution in [2.45, 2.75) is 0 Å². The van der Waals surface area contributed by atoms with Gasteiger partial charge in [-0.2, -0.15) is 0 Å². The van der Waals surface area contributed by atoms with Crippen molar-refractivity contribution >= 4 is 28.8 Å². The van der Waals surface area contributed by atoms with Crippen molar-refractivity contribution in [3.8, 4) is 5.75 Å². The number of amides is 1. The van der Waals surface area contributed by atoms with E-state index in [1.54, 1.807) is 48.5 Å².